The predicted octanol–water partition coefficient (Wildman–Crippen LogP) is 4.43. The van der Waals surface area contributed by atoms with Crippen LogP contribution in [-0.2, 0) is 0 Å². The van der Waals surface area contributed by atoms with Gasteiger partial charge in [0.1, 0.15) is 11.5 Å². The molecular formula is C19H18N2O3. The predicted molar refractivity (Wildman–Crippen MR) is 89.7 cm³/mol. The van der Waals surface area contributed by atoms with Crippen LogP contribution in [0.3, 0.4) is 0 Å². The summed E-state index contributed by atoms with van der Waals surface area (Å²) in [4.78, 5) is 0. The first-order chi connectivity index (χ1) is 11.8. The summed E-state index contributed by atoms with van der Waals surface area (Å²) in [6.45, 7) is 0. The zero-order valence-electron chi connectivity index (χ0n) is 13.2. The summed E-state index contributed by atoms with van der Waals surface area (Å²) in [5, 5.41) is 17.5. The molecule has 0 spiro atoms. The van der Waals surface area contributed by atoms with E-state index in [1.807, 2.05) is 24.3 Å². The Morgan fingerprint density at radius 1 is 0.833 bits per heavy atom. The monoisotopic (exact) mass is 322 g/mol. The Balaban J connectivity index is 1.50. The van der Waals surface area contributed by atoms with Crippen LogP contribution in [0.1, 0.15) is 25.7 Å². The second-order valence-electron chi connectivity index (χ2n) is 6.01. The Hall–Kier alpha value is -2.82. The highest BCUT2D eigenvalue weighted by atomic mass is 16.5. The molecule has 0 aliphatic heterocycles. The topological polar surface area (TPSA) is 68.4 Å². The molecule has 3 aromatic rings. The highest BCUT2D eigenvalue weighted by Gasteiger charge is 2.16. The normalized spacial score (nSPS) is 14.8. The third kappa shape index (κ3) is 3.11. The second kappa shape index (κ2) is 6.35. The highest BCUT2D eigenvalue weighted by molar-refractivity contribution is 5.59. The Bertz CT molecular complexity index is 803. The number of aromatic hydroxyl groups is 1. The number of rotatable bonds is 4. The lowest BCUT2D eigenvalue weighted by Gasteiger charge is -2.12. The second-order valence-corrected chi connectivity index (χ2v) is 6.01. The van der Waals surface area contributed by atoms with Crippen LogP contribution in [0.25, 0.3) is 22.9 Å². The zero-order valence-corrected chi connectivity index (χ0v) is 13.2. The minimum atomic E-state index is 0.205. The molecule has 5 heteroatoms. The standard InChI is InChI=1S/C19H18N2O3/c22-15-9-5-13(6-10-15)18-20-21-19(24-18)14-7-11-17(12-8-14)23-16-3-1-2-4-16/h5-12,16,22H,1-4H2. The molecule has 0 saturated heterocycles. The summed E-state index contributed by atoms with van der Waals surface area (Å²) in [5.41, 5.74) is 1.62. The van der Waals surface area contributed by atoms with Crippen LogP contribution >= 0.6 is 0 Å². The van der Waals surface area contributed by atoms with Crippen molar-refractivity contribution in [2.24, 2.45) is 0 Å². The van der Waals surface area contributed by atoms with E-state index in [1.165, 1.54) is 12.8 Å². The fourth-order valence-corrected chi connectivity index (χ4v) is 2.94. The summed E-state index contributed by atoms with van der Waals surface area (Å²) >= 11 is 0. The van der Waals surface area contributed by atoms with E-state index in [4.69, 9.17) is 9.15 Å². The highest BCUT2D eigenvalue weighted by Crippen LogP contribution is 2.28. The van der Waals surface area contributed by atoms with Crippen LogP contribution in [0.2, 0.25) is 0 Å². The number of phenolic OH excluding ortho intramolecular Hbond substituents is 1. The quantitative estimate of drug-likeness (QED) is 0.769. The first-order valence-corrected chi connectivity index (χ1v) is 8.18. The maximum Gasteiger partial charge on any atom is 0.248 e. The van der Waals surface area contributed by atoms with Crippen molar-refractivity contribution >= 4 is 0 Å². The molecule has 4 rings (SSSR count). The summed E-state index contributed by atoms with van der Waals surface area (Å²) in [5.74, 6) is 1.97. The molecule has 1 heterocycles. The molecule has 1 fully saturated rings. The van der Waals surface area contributed by atoms with E-state index in [-0.39, 0.29) is 5.75 Å². The van der Waals surface area contributed by atoms with Gasteiger partial charge in [0.05, 0.1) is 6.10 Å². The molecule has 122 valence electrons. The molecule has 0 atom stereocenters. The Kier molecular flexibility index (Phi) is 3.91. The van der Waals surface area contributed by atoms with Crippen molar-refractivity contribution in [2.75, 3.05) is 0 Å². The Morgan fingerprint density at radius 2 is 1.38 bits per heavy atom. The molecule has 5 nitrogen and oxygen atoms in total. The van der Waals surface area contributed by atoms with Crippen LogP contribution in [0.5, 0.6) is 11.5 Å². The largest absolute Gasteiger partial charge is 0.508 e. The van der Waals surface area contributed by atoms with Gasteiger partial charge in [-0.05, 0) is 74.2 Å². The van der Waals surface area contributed by atoms with Gasteiger partial charge in [-0.3, -0.25) is 0 Å². The van der Waals surface area contributed by atoms with E-state index < -0.39 is 0 Å². The number of phenols is 1. The van der Waals surface area contributed by atoms with Crippen molar-refractivity contribution < 1.29 is 14.3 Å². The van der Waals surface area contributed by atoms with Gasteiger partial charge in [-0.1, -0.05) is 0 Å². The van der Waals surface area contributed by atoms with E-state index in [2.05, 4.69) is 10.2 Å². The number of benzene rings is 2. The first kappa shape index (κ1) is 14.8. The van der Waals surface area contributed by atoms with Crippen molar-refractivity contribution in [3.63, 3.8) is 0 Å². The van der Waals surface area contributed by atoms with Crippen molar-refractivity contribution in [1.82, 2.24) is 10.2 Å². The van der Waals surface area contributed by atoms with E-state index in [0.717, 1.165) is 29.7 Å². The minimum Gasteiger partial charge on any atom is -0.508 e. The molecule has 2 aromatic carbocycles. The fraction of sp³-hybridized carbons (Fsp3) is 0.263. The van der Waals surface area contributed by atoms with Gasteiger partial charge >= 0.3 is 0 Å². The molecule has 0 unspecified atom stereocenters. The molecule has 24 heavy (non-hydrogen) atoms. The average molecular weight is 322 g/mol. The van der Waals surface area contributed by atoms with E-state index in [0.29, 0.717) is 17.9 Å². The van der Waals surface area contributed by atoms with Gasteiger partial charge in [-0.25, -0.2) is 0 Å². The van der Waals surface area contributed by atoms with E-state index in [9.17, 15) is 5.11 Å². The van der Waals surface area contributed by atoms with Crippen molar-refractivity contribution in [3.05, 3.63) is 48.5 Å². The smallest absolute Gasteiger partial charge is 0.248 e. The maximum absolute atomic E-state index is 9.34. The molecule has 1 N–H and O–H groups in total. The molecule has 0 bridgehead atoms. The Labute approximate surface area is 139 Å². The molecule has 0 radical (unpaired) electrons. The lowest BCUT2D eigenvalue weighted by molar-refractivity contribution is 0.210. The molecule has 1 aromatic heterocycles. The number of nitrogens with zero attached hydrogens (tertiary/aromatic N) is 2. The van der Waals surface area contributed by atoms with Gasteiger partial charge < -0.3 is 14.3 Å². The number of hydrogen-bond acceptors (Lipinski definition) is 5. The van der Waals surface area contributed by atoms with Gasteiger partial charge in [0.15, 0.2) is 0 Å². The summed E-state index contributed by atoms with van der Waals surface area (Å²) in [6, 6.07) is 14.4. The van der Waals surface area contributed by atoms with E-state index in [1.54, 1.807) is 24.3 Å². The number of aromatic nitrogens is 2. The van der Waals surface area contributed by atoms with Gasteiger partial charge in [0.2, 0.25) is 11.8 Å². The van der Waals surface area contributed by atoms with Gasteiger partial charge in [-0.2, -0.15) is 0 Å². The van der Waals surface area contributed by atoms with Crippen LogP contribution < -0.4 is 4.74 Å². The fourth-order valence-electron chi connectivity index (χ4n) is 2.94. The summed E-state index contributed by atoms with van der Waals surface area (Å²) < 4.78 is 11.7. The Morgan fingerprint density at radius 3 is 1.96 bits per heavy atom. The molecule has 1 aliphatic carbocycles. The van der Waals surface area contributed by atoms with Gasteiger partial charge in [0.25, 0.3) is 0 Å². The summed E-state index contributed by atoms with van der Waals surface area (Å²) in [6.07, 6.45) is 5.14. The SMILES string of the molecule is Oc1ccc(-c2nnc(-c3ccc(OC4CCCC4)cc3)o2)cc1. The van der Waals surface area contributed by atoms with Crippen LogP contribution in [0, 0.1) is 0 Å². The number of hydrogen-bond donors (Lipinski definition) is 1. The van der Waals surface area contributed by atoms with Crippen LogP contribution in [0.15, 0.2) is 52.9 Å². The lowest BCUT2D eigenvalue weighted by atomic mass is 10.2. The molecular weight excluding hydrogens is 304 g/mol. The van der Waals surface area contributed by atoms with Gasteiger partial charge in [-0.15, -0.1) is 10.2 Å². The van der Waals surface area contributed by atoms with Crippen molar-refractivity contribution in [1.29, 1.82) is 0 Å². The first-order valence-electron chi connectivity index (χ1n) is 8.18. The van der Waals surface area contributed by atoms with E-state index >= 15 is 0 Å². The molecule has 1 aliphatic rings. The third-order valence-corrected chi connectivity index (χ3v) is 4.25. The minimum absolute atomic E-state index is 0.205. The third-order valence-electron chi connectivity index (χ3n) is 4.25. The zero-order chi connectivity index (χ0) is 16.4. The summed E-state index contributed by atoms with van der Waals surface area (Å²) in [7, 11) is 0. The van der Waals surface area contributed by atoms with Crippen molar-refractivity contribution in [2.45, 2.75) is 31.8 Å². The number of ether oxygens (including phenoxy) is 1. The maximum atomic E-state index is 9.34. The van der Waals surface area contributed by atoms with Crippen molar-refractivity contribution in [3.8, 4) is 34.4 Å². The molecule has 0 amide bonds. The lowest BCUT2D eigenvalue weighted by Crippen LogP contribution is -2.10. The van der Waals surface area contributed by atoms with Crippen LogP contribution in [0.4, 0.5) is 0 Å². The van der Waals surface area contributed by atoms with Gasteiger partial charge in [0, 0.05) is 11.1 Å². The molecule has 1 saturated carbocycles. The average Bonchev–Trinajstić information content (AvgIpc) is 3.28. The van der Waals surface area contributed by atoms with Crippen LogP contribution in [-0.4, -0.2) is 21.4 Å².